The van der Waals surface area contributed by atoms with Crippen molar-refractivity contribution in [2.75, 3.05) is 26.7 Å². The average Bonchev–Trinajstić information content (AvgIpc) is 2.34. The summed E-state index contributed by atoms with van der Waals surface area (Å²) in [5, 5.41) is 8.71. The molecule has 0 heterocycles. The lowest BCUT2D eigenvalue weighted by molar-refractivity contribution is 0.0977. The van der Waals surface area contributed by atoms with Gasteiger partial charge < -0.3 is 9.64 Å². The maximum atomic E-state index is 12.0. The van der Waals surface area contributed by atoms with E-state index in [-0.39, 0.29) is 6.54 Å². The molecule has 0 unspecified atom stereocenters. The molecule has 0 N–H and O–H groups in total. The van der Waals surface area contributed by atoms with Crippen LogP contribution in [0.15, 0.2) is 24.3 Å². The molecule has 0 aliphatic carbocycles. The third kappa shape index (κ3) is 5.60. The van der Waals surface area contributed by atoms with Gasteiger partial charge in [-0.15, -0.1) is 0 Å². The predicted molar refractivity (Wildman–Crippen MR) is 64.8 cm³/mol. The molecule has 3 nitrogen and oxygen atoms in total. The fourth-order valence-electron chi connectivity index (χ4n) is 1.51. The van der Waals surface area contributed by atoms with Crippen molar-refractivity contribution in [1.29, 1.82) is 5.26 Å². The zero-order valence-electron chi connectivity index (χ0n) is 10.3. The second-order valence-electron chi connectivity index (χ2n) is 3.99. The van der Waals surface area contributed by atoms with Crippen LogP contribution in [0.5, 0.6) is 5.75 Å². The summed E-state index contributed by atoms with van der Waals surface area (Å²) in [4.78, 5) is 1.57. The molecule has 0 saturated heterocycles. The standard InChI is InChI=1S/C13H16F2N2O/c1-17(10-13(14)15)6-3-7-18-12-5-2-4-11(8-12)9-16/h2,4-5,8,13H,3,6-7,10H2,1H3. The fraction of sp³-hybridized carbons (Fsp3) is 0.462. The molecule has 98 valence electrons. The van der Waals surface area contributed by atoms with Crippen molar-refractivity contribution < 1.29 is 13.5 Å². The number of hydrogen-bond acceptors (Lipinski definition) is 3. The van der Waals surface area contributed by atoms with E-state index in [1.807, 2.05) is 6.07 Å². The van der Waals surface area contributed by atoms with E-state index in [2.05, 4.69) is 0 Å². The first-order valence-corrected chi connectivity index (χ1v) is 5.71. The molecule has 0 atom stereocenters. The van der Waals surface area contributed by atoms with Crippen LogP contribution in [0, 0.1) is 11.3 Å². The molecular formula is C13H16F2N2O. The molecule has 1 aromatic rings. The highest BCUT2D eigenvalue weighted by Crippen LogP contribution is 2.12. The van der Waals surface area contributed by atoms with Gasteiger partial charge in [-0.2, -0.15) is 5.26 Å². The van der Waals surface area contributed by atoms with Crippen molar-refractivity contribution in [2.45, 2.75) is 12.8 Å². The lowest BCUT2D eigenvalue weighted by Crippen LogP contribution is -2.26. The fourth-order valence-corrected chi connectivity index (χ4v) is 1.51. The van der Waals surface area contributed by atoms with Gasteiger partial charge in [-0.3, -0.25) is 0 Å². The summed E-state index contributed by atoms with van der Waals surface area (Å²) >= 11 is 0. The predicted octanol–water partition coefficient (Wildman–Crippen LogP) is 2.52. The van der Waals surface area contributed by atoms with Crippen molar-refractivity contribution >= 4 is 0 Å². The van der Waals surface area contributed by atoms with E-state index in [0.29, 0.717) is 30.9 Å². The van der Waals surface area contributed by atoms with E-state index in [9.17, 15) is 8.78 Å². The Kier molecular flexibility index (Phi) is 6.09. The molecular weight excluding hydrogens is 238 g/mol. The molecule has 0 amide bonds. The Morgan fingerprint density at radius 1 is 1.44 bits per heavy atom. The van der Waals surface area contributed by atoms with Crippen LogP contribution in [0.4, 0.5) is 8.78 Å². The molecule has 0 bridgehead atoms. The van der Waals surface area contributed by atoms with Crippen LogP contribution in [0.2, 0.25) is 0 Å². The Hall–Kier alpha value is -1.67. The number of alkyl halides is 2. The zero-order chi connectivity index (χ0) is 13.4. The van der Waals surface area contributed by atoms with E-state index in [4.69, 9.17) is 10.00 Å². The lowest BCUT2D eigenvalue weighted by atomic mass is 10.2. The van der Waals surface area contributed by atoms with Crippen LogP contribution in [-0.2, 0) is 0 Å². The maximum Gasteiger partial charge on any atom is 0.251 e. The highest BCUT2D eigenvalue weighted by molar-refractivity contribution is 5.36. The first-order valence-electron chi connectivity index (χ1n) is 5.71. The molecule has 1 aromatic carbocycles. The van der Waals surface area contributed by atoms with Crippen LogP contribution in [0.1, 0.15) is 12.0 Å². The van der Waals surface area contributed by atoms with Gasteiger partial charge in [0, 0.05) is 6.54 Å². The number of ether oxygens (including phenoxy) is 1. The van der Waals surface area contributed by atoms with Gasteiger partial charge in [0.15, 0.2) is 0 Å². The van der Waals surface area contributed by atoms with Gasteiger partial charge in [0.25, 0.3) is 6.43 Å². The highest BCUT2D eigenvalue weighted by atomic mass is 19.3. The monoisotopic (exact) mass is 254 g/mol. The number of benzene rings is 1. The molecule has 0 aliphatic heterocycles. The highest BCUT2D eigenvalue weighted by Gasteiger charge is 2.06. The first-order chi connectivity index (χ1) is 8.61. The van der Waals surface area contributed by atoms with E-state index in [0.717, 1.165) is 0 Å². The number of nitriles is 1. The Morgan fingerprint density at radius 2 is 2.22 bits per heavy atom. The van der Waals surface area contributed by atoms with Crippen molar-refractivity contribution in [3.05, 3.63) is 29.8 Å². The molecule has 0 saturated carbocycles. The van der Waals surface area contributed by atoms with E-state index in [1.165, 1.54) is 0 Å². The van der Waals surface area contributed by atoms with Crippen molar-refractivity contribution in [1.82, 2.24) is 4.90 Å². The lowest BCUT2D eigenvalue weighted by Gasteiger charge is -2.15. The molecule has 5 heteroatoms. The minimum atomic E-state index is -2.30. The Bertz CT molecular complexity index is 404. The smallest absolute Gasteiger partial charge is 0.251 e. The van der Waals surface area contributed by atoms with Gasteiger partial charge in [0.2, 0.25) is 0 Å². The minimum absolute atomic E-state index is 0.218. The second kappa shape index (κ2) is 7.62. The molecule has 0 spiro atoms. The molecule has 18 heavy (non-hydrogen) atoms. The zero-order valence-corrected chi connectivity index (χ0v) is 10.3. The number of hydrogen-bond donors (Lipinski definition) is 0. The molecule has 0 radical (unpaired) electrons. The second-order valence-corrected chi connectivity index (χ2v) is 3.99. The van der Waals surface area contributed by atoms with Gasteiger partial charge in [-0.1, -0.05) is 6.07 Å². The molecule has 0 aromatic heterocycles. The average molecular weight is 254 g/mol. The van der Waals surface area contributed by atoms with Crippen molar-refractivity contribution in [3.8, 4) is 11.8 Å². The van der Waals surface area contributed by atoms with Gasteiger partial charge in [-0.05, 0) is 31.7 Å². The van der Waals surface area contributed by atoms with Gasteiger partial charge in [0.05, 0.1) is 24.8 Å². The number of nitrogens with zero attached hydrogens (tertiary/aromatic N) is 2. The van der Waals surface area contributed by atoms with E-state index >= 15 is 0 Å². The Labute approximate surface area is 106 Å². The SMILES string of the molecule is CN(CCCOc1cccc(C#N)c1)CC(F)F. The number of rotatable bonds is 7. The van der Waals surface area contributed by atoms with Crippen molar-refractivity contribution in [2.24, 2.45) is 0 Å². The van der Waals surface area contributed by atoms with Crippen LogP contribution < -0.4 is 4.74 Å². The van der Waals surface area contributed by atoms with E-state index < -0.39 is 6.43 Å². The van der Waals surface area contributed by atoms with Crippen LogP contribution in [0.25, 0.3) is 0 Å². The molecule has 1 rings (SSSR count). The third-order valence-electron chi connectivity index (χ3n) is 2.37. The molecule has 0 fully saturated rings. The molecule has 0 aliphatic rings. The summed E-state index contributed by atoms with van der Waals surface area (Å²) in [6.07, 6.45) is -1.64. The van der Waals surface area contributed by atoms with Crippen LogP contribution >= 0.6 is 0 Å². The summed E-state index contributed by atoms with van der Waals surface area (Å²) < 4.78 is 29.5. The maximum absolute atomic E-state index is 12.0. The summed E-state index contributed by atoms with van der Waals surface area (Å²) in [7, 11) is 1.66. The quantitative estimate of drug-likeness (QED) is 0.701. The first kappa shape index (κ1) is 14.4. The summed E-state index contributed by atoms with van der Waals surface area (Å²) in [6, 6.07) is 8.89. The van der Waals surface area contributed by atoms with Gasteiger partial charge in [0.1, 0.15) is 5.75 Å². The van der Waals surface area contributed by atoms with Crippen molar-refractivity contribution in [3.63, 3.8) is 0 Å². The third-order valence-corrected chi connectivity index (χ3v) is 2.37. The topological polar surface area (TPSA) is 36.3 Å². The van der Waals surface area contributed by atoms with Crippen LogP contribution in [0.3, 0.4) is 0 Å². The number of halogens is 2. The Balaban J connectivity index is 2.23. The summed E-state index contributed by atoms with van der Waals surface area (Å²) in [5.74, 6) is 0.630. The van der Waals surface area contributed by atoms with E-state index in [1.54, 1.807) is 36.2 Å². The largest absolute Gasteiger partial charge is 0.494 e. The summed E-state index contributed by atoms with van der Waals surface area (Å²) in [5.41, 5.74) is 0.544. The van der Waals surface area contributed by atoms with Crippen LogP contribution in [-0.4, -0.2) is 38.1 Å². The Morgan fingerprint density at radius 3 is 2.89 bits per heavy atom. The minimum Gasteiger partial charge on any atom is -0.494 e. The van der Waals surface area contributed by atoms with Gasteiger partial charge in [-0.25, -0.2) is 8.78 Å². The summed E-state index contributed by atoms with van der Waals surface area (Å²) in [6.45, 7) is 0.786. The van der Waals surface area contributed by atoms with Gasteiger partial charge >= 0.3 is 0 Å². The normalized spacial score (nSPS) is 10.7.